The van der Waals surface area contributed by atoms with Gasteiger partial charge in [0.1, 0.15) is 0 Å². The lowest BCUT2D eigenvalue weighted by atomic mass is 10.2. The van der Waals surface area contributed by atoms with E-state index in [0.29, 0.717) is 0 Å². The molecule has 19 heavy (non-hydrogen) atoms. The fourth-order valence-corrected chi connectivity index (χ4v) is 1.64. The number of nitrogens with one attached hydrogen (secondary N) is 2. The molecule has 0 aliphatic rings. The highest BCUT2D eigenvalue weighted by Gasteiger charge is 2.01. The van der Waals surface area contributed by atoms with Crippen molar-refractivity contribution in [3.63, 3.8) is 0 Å². The predicted molar refractivity (Wildman–Crippen MR) is 78.0 cm³/mol. The van der Waals surface area contributed by atoms with Gasteiger partial charge in [-0.15, -0.1) is 0 Å². The lowest BCUT2D eigenvalue weighted by Gasteiger charge is -2.20. The lowest BCUT2D eigenvalue weighted by molar-refractivity contribution is 0.614. The number of anilines is 1. The Balaban J connectivity index is 2.09. The van der Waals surface area contributed by atoms with Crippen LogP contribution in [0.2, 0.25) is 0 Å². The summed E-state index contributed by atoms with van der Waals surface area (Å²) in [6.07, 6.45) is 9.44. The summed E-state index contributed by atoms with van der Waals surface area (Å²) in [4.78, 5) is 8.35. The van der Waals surface area contributed by atoms with Gasteiger partial charge in [0.2, 0.25) is 0 Å². The van der Waals surface area contributed by atoms with Gasteiger partial charge in [-0.2, -0.15) is 0 Å². The molecule has 0 aliphatic heterocycles. The molecule has 0 radical (unpaired) electrons. The minimum atomic E-state index is 0.811. The lowest BCUT2D eigenvalue weighted by Crippen LogP contribution is -2.44. The number of rotatable bonds is 5. The Labute approximate surface area is 112 Å². The van der Waals surface area contributed by atoms with Gasteiger partial charge in [0.25, 0.3) is 0 Å². The van der Waals surface area contributed by atoms with Crippen LogP contribution in [-0.4, -0.2) is 24.1 Å². The molecule has 0 saturated heterocycles. The van der Waals surface area contributed by atoms with Gasteiger partial charge in [0, 0.05) is 32.7 Å². The molecule has 5 heteroatoms. The number of pyridine rings is 2. The van der Waals surface area contributed by atoms with E-state index in [1.54, 1.807) is 17.5 Å². The number of hydrogen-bond donors (Lipinski definition) is 2. The van der Waals surface area contributed by atoms with E-state index in [2.05, 4.69) is 20.8 Å². The van der Waals surface area contributed by atoms with E-state index >= 15 is 0 Å². The molecule has 0 saturated carbocycles. The van der Waals surface area contributed by atoms with Crippen molar-refractivity contribution in [1.82, 2.24) is 20.8 Å². The van der Waals surface area contributed by atoms with Crippen LogP contribution in [0.5, 0.6) is 0 Å². The molecule has 0 fully saturated rings. The molecule has 0 unspecified atom stereocenters. The van der Waals surface area contributed by atoms with Gasteiger partial charge in [0.15, 0.2) is 5.82 Å². The minimum absolute atomic E-state index is 0.811. The molecule has 0 amide bonds. The van der Waals surface area contributed by atoms with E-state index < -0.39 is 0 Å². The predicted octanol–water partition coefficient (Wildman–Crippen LogP) is 1.72. The van der Waals surface area contributed by atoms with Gasteiger partial charge in [-0.25, -0.2) is 21.0 Å². The summed E-state index contributed by atoms with van der Waals surface area (Å²) in [5, 5.41) is 1.73. The largest absolute Gasteiger partial charge is 0.265 e. The molecule has 5 nitrogen and oxygen atoms in total. The first kappa shape index (κ1) is 13.2. The van der Waals surface area contributed by atoms with Crippen LogP contribution in [0.3, 0.4) is 0 Å². The van der Waals surface area contributed by atoms with Gasteiger partial charge in [-0.05, 0) is 35.4 Å². The second-order valence-electron chi connectivity index (χ2n) is 3.85. The topological polar surface area (TPSA) is 53.1 Å². The van der Waals surface area contributed by atoms with Crippen LogP contribution in [0, 0.1) is 0 Å². The third-order valence-electron chi connectivity index (χ3n) is 2.62. The molecular weight excluding hydrogens is 238 g/mol. The fourth-order valence-electron chi connectivity index (χ4n) is 1.64. The zero-order valence-corrected chi connectivity index (χ0v) is 11.0. The van der Waals surface area contributed by atoms with Crippen molar-refractivity contribution < 1.29 is 0 Å². The van der Waals surface area contributed by atoms with Crippen LogP contribution in [-0.2, 0) is 0 Å². The standard InChI is InChI=1S/C14H17N5/c1-15-19(16-2)14-6-5-13(11-18-14)4-3-12-7-9-17-10-8-12/h3-11,15-16H,1-2H3/b4-3+. The van der Waals surface area contributed by atoms with E-state index in [4.69, 9.17) is 0 Å². The van der Waals surface area contributed by atoms with Crippen LogP contribution < -0.4 is 16.0 Å². The van der Waals surface area contributed by atoms with Crippen molar-refractivity contribution in [3.05, 3.63) is 54.0 Å². The van der Waals surface area contributed by atoms with Crippen molar-refractivity contribution in [2.75, 3.05) is 19.2 Å². The van der Waals surface area contributed by atoms with E-state index in [1.807, 2.05) is 56.7 Å². The monoisotopic (exact) mass is 255 g/mol. The molecule has 0 atom stereocenters. The second kappa shape index (κ2) is 6.63. The third kappa shape index (κ3) is 3.61. The van der Waals surface area contributed by atoms with Crippen LogP contribution in [0.1, 0.15) is 11.1 Å². The van der Waals surface area contributed by atoms with Crippen molar-refractivity contribution in [1.29, 1.82) is 0 Å². The van der Waals surface area contributed by atoms with Crippen molar-refractivity contribution in [3.8, 4) is 0 Å². The third-order valence-corrected chi connectivity index (χ3v) is 2.62. The Morgan fingerprint density at radius 3 is 2.21 bits per heavy atom. The van der Waals surface area contributed by atoms with Crippen LogP contribution in [0.15, 0.2) is 42.9 Å². The molecule has 0 spiro atoms. The summed E-state index contributed by atoms with van der Waals surface area (Å²) in [5.74, 6) is 0.811. The summed E-state index contributed by atoms with van der Waals surface area (Å²) in [6, 6.07) is 7.88. The van der Waals surface area contributed by atoms with Crippen LogP contribution in [0.25, 0.3) is 12.2 Å². The maximum atomic E-state index is 4.37. The quantitative estimate of drug-likeness (QED) is 0.797. The number of nitrogens with zero attached hydrogens (tertiary/aromatic N) is 3. The van der Waals surface area contributed by atoms with Crippen LogP contribution in [0.4, 0.5) is 5.82 Å². The minimum Gasteiger partial charge on any atom is -0.265 e. The summed E-state index contributed by atoms with van der Waals surface area (Å²) >= 11 is 0. The van der Waals surface area contributed by atoms with Gasteiger partial charge in [-0.1, -0.05) is 12.2 Å². The first-order chi connectivity index (χ1) is 9.33. The Morgan fingerprint density at radius 1 is 0.947 bits per heavy atom. The highest BCUT2D eigenvalue weighted by atomic mass is 15.7. The smallest absolute Gasteiger partial charge is 0.158 e. The average Bonchev–Trinajstić information content (AvgIpc) is 2.49. The number of hydrogen-bond acceptors (Lipinski definition) is 5. The maximum absolute atomic E-state index is 4.37. The van der Waals surface area contributed by atoms with Crippen molar-refractivity contribution in [2.45, 2.75) is 0 Å². The molecule has 2 heterocycles. The number of hydrazine groups is 2. The highest BCUT2D eigenvalue weighted by Crippen LogP contribution is 2.10. The van der Waals surface area contributed by atoms with Gasteiger partial charge >= 0.3 is 0 Å². The zero-order chi connectivity index (χ0) is 13.5. The number of aromatic nitrogens is 2. The highest BCUT2D eigenvalue weighted by molar-refractivity contribution is 5.69. The molecular formula is C14H17N5. The summed E-state index contributed by atoms with van der Waals surface area (Å²) in [5.41, 5.74) is 8.13. The Bertz CT molecular complexity index is 517. The van der Waals surface area contributed by atoms with Gasteiger partial charge in [-0.3, -0.25) is 4.98 Å². The Hall–Kier alpha value is -2.24. The average molecular weight is 255 g/mol. The summed E-state index contributed by atoms with van der Waals surface area (Å²) in [6.45, 7) is 0. The van der Waals surface area contributed by atoms with E-state index in [0.717, 1.165) is 16.9 Å². The normalized spacial score (nSPS) is 10.8. The van der Waals surface area contributed by atoms with Crippen molar-refractivity contribution in [2.24, 2.45) is 0 Å². The molecule has 0 aliphatic carbocycles. The zero-order valence-electron chi connectivity index (χ0n) is 11.0. The van der Waals surface area contributed by atoms with Gasteiger partial charge < -0.3 is 0 Å². The Kier molecular flexibility index (Phi) is 4.60. The first-order valence-corrected chi connectivity index (χ1v) is 6.02. The molecule has 2 N–H and O–H groups in total. The summed E-state index contributed by atoms with van der Waals surface area (Å²) in [7, 11) is 3.66. The Morgan fingerprint density at radius 2 is 1.63 bits per heavy atom. The SMILES string of the molecule is CNN(NC)c1ccc(/C=C/c2ccncc2)cn1. The molecule has 2 aromatic rings. The maximum Gasteiger partial charge on any atom is 0.158 e. The van der Waals surface area contributed by atoms with E-state index in [1.165, 1.54) is 0 Å². The molecule has 2 aromatic heterocycles. The second-order valence-corrected chi connectivity index (χ2v) is 3.85. The van der Waals surface area contributed by atoms with Gasteiger partial charge in [0.05, 0.1) is 0 Å². The van der Waals surface area contributed by atoms with Crippen LogP contribution >= 0.6 is 0 Å². The van der Waals surface area contributed by atoms with E-state index in [9.17, 15) is 0 Å². The van der Waals surface area contributed by atoms with Crippen molar-refractivity contribution >= 4 is 18.0 Å². The molecule has 0 bridgehead atoms. The fraction of sp³-hybridized carbons (Fsp3) is 0.143. The molecule has 0 aromatic carbocycles. The molecule has 2 rings (SSSR count). The summed E-state index contributed by atoms with van der Waals surface area (Å²) < 4.78 is 0. The van der Waals surface area contributed by atoms with E-state index in [-0.39, 0.29) is 0 Å². The first-order valence-electron chi connectivity index (χ1n) is 6.02. The molecule has 98 valence electrons.